The molecular formula is C14H22ClNO2. The fourth-order valence-corrected chi connectivity index (χ4v) is 1.97. The summed E-state index contributed by atoms with van der Waals surface area (Å²) in [5.41, 5.74) is 0.909. The number of ether oxygens (including phenoxy) is 2. The predicted molar refractivity (Wildman–Crippen MR) is 77.1 cm³/mol. The minimum atomic E-state index is 0.588. The summed E-state index contributed by atoms with van der Waals surface area (Å²) >= 11 is 6.10. The predicted octanol–water partition coefficient (Wildman–Crippen LogP) is 4.21. The van der Waals surface area contributed by atoms with Crippen LogP contribution in [-0.2, 0) is 0 Å². The van der Waals surface area contributed by atoms with Crippen LogP contribution in [0.4, 0.5) is 5.69 Å². The highest BCUT2D eigenvalue weighted by molar-refractivity contribution is 6.32. The monoisotopic (exact) mass is 271 g/mol. The largest absolute Gasteiger partial charge is 0.495 e. The lowest BCUT2D eigenvalue weighted by molar-refractivity contribution is 0.395. The van der Waals surface area contributed by atoms with Crippen molar-refractivity contribution in [3.63, 3.8) is 0 Å². The molecule has 1 rings (SSSR count). The number of halogens is 1. The molecule has 0 unspecified atom stereocenters. The summed E-state index contributed by atoms with van der Waals surface area (Å²) in [6.07, 6.45) is 2.34. The number of hydrogen-bond acceptors (Lipinski definition) is 3. The van der Waals surface area contributed by atoms with E-state index in [9.17, 15) is 0 Å². The van der Waals surface area contributed by atoms with E-state index in [1.54, 1.807) is 20.3 Å². The zero-order chi connectivity index (χ0) is 13.5. The van der Waals surface area contributed by atoms with Gasteiger partial charge in [0, 0.05) is 12.6 Å². The molecule has 0 heterocycles. The highest BCUT2D eigenvalue weighted by Gasteiger charge is 2.09. The summed E-state index contributed by atoms with van der Waals surface area (Å²) < 4.78 is 10.5. The summed E-state index contributed by atoms with van der Waals surface area (Å²) in [6.45, 7) is 5.37. The van der Waals surface area contributed by atoms with Crippen molar-refractivity contribution in [2.75, 3.05) is 26.1 Å². The number of anilines is 1. The zero-order valence-electron chi connectivity index (χ0n) is 11.5. The van der Waals surface area contributed by atoms with Gasteiger partial charge in [-0.1, -0.05) is 25.4 Å². The van der Waals surface area contributed by atoms with Crippen molar-refractivity contribution in [2.24, 2.45) is 5.92 Å². The van der Waals surface area contributed by atoms with Gasteiger partial charge in [-0.05, 0) is 24.8 Å². The Labute approximate surface area is 114 Å². The Morgan fingerprint density at radius 1 is 1.17 bits per heavy atom. The van der Waals surface area contributed by atoms with Crippen LogP contribution in [-0.4, -0.2) is 20.8 Å². The van der Waals surface area contributed by atoms with Crippen LogP contribution in [0.25, 0.3) is 0 Å². The first kappa shape index (κ1) is 15.0. The summed E-state index contributed by atoms with van der Waals surface area (Å²) in [4.78, 5) is 0. The van der Waals surface area contributed by atoms with Gasteiger partial charge in [0.25, 0.3) is 0 Å². The van der Waals surface area contributed by atoms with E-state index in [1.807, 2.05) is 6.07 Å². The molecule has 0 saturated heterocycles. The average Bonchev–Trinajstić information content (AvgIpc) is 2.34. The molecule has 0 aliphatic heterocycles. The van der Waals surface area contributed by atoms with Gasteiger partial charge in [-0.15, -0.1) is 0 Å². The van der Waals surface area contributed by atoms with Crippen LogP contribution in [0, 0.1) is 5.92 Å². The van der Waals surface area contributed by atoms with Crippen molar-refractivity contribution < 1.29 is 9.47 Å². The fraction of sp³-hybridized carbons (Fsp3) is 0.571. The second kappa shape index (κ2) is 7.37. The Hall–Kier alpha value is -1.09. The van der Waals surface area contributed by atoms with E-state index in [4.69, 9.17) is 21.1 Å². The van der Waals surface area contributed by atoms with Crippen LogP contribution in [0.15, 0.2) is 12.1 Å². The van der Waals surface area contributed by atoms with E-state index in [1.165, 1.54) is 6.42 Å². The number of hydrogen-bond donors (Lipinski definition) is 1. The molecule has 1 aromatic rings. The van der Waals surface area contributed by atoms with Crippen molar-refractivity contribution in [3.05, 3.63) is 17.2 Å². The van der Waals surface area contributed by atoms with Crippen LogP contribution < -0.4 is 14.8 Å². The van der Waals surface area contributed by atoms with E-state index in [0.717, 1.165) is 30.3 Å². The van der Waals surface area contributed by atoms with Crippen molar-refractivity contribution in [2.45, 2.75) is 26.7 Å². The van der Waals surface area contributed by atoms with Gasteiger partial charge >= 0.3 is 0 Å². The summed E-state index contributed by atoms with van der Waals surface area (Å²) in [5, 5.41) is 3.93. The minimum absolute atomic E-state index is 0.588. The summed E-state index contributed by atoms with van der Waals surface area (Å²) in [5.74, 6) is 2.11. The highest BCUT2D eigenvalue weighted by atomic mass is 35.5. The van der Waals surface area contributed by atoms with E-state index in [2.05, 4.69) is 19.2 Å². The smallest absolute Gasteiger partial charge is 0.145 e. The van der Waals surface area contributed by atoms with Gasteiger partial charge in [0.05, 0.1) is 24.9 Å². The first-order valence-electron chi connectivity index (χ1n) is 6.23. The molecule has 0 atom stereocenters. The van der Waals surface area contributed by atoms with Gasteiger partial charge in [-0.2, -0.15) is 0 Å². The van der Waals surface area contributed by atoms with Crippen LogP contribution >= 0.6 is 11.6 Å². The maximum absolute atomic E-state index is 6.10. The Kier molecular flexibility index (Phi) is 6.13. The lowest BCUT2D eigenvalue weighted by Crippen LogP contribution is -2.05. The number of rotatable bonds is 7. The molecule has 3 nitrogen and oxygen atoms in total. The first-order chi connectivity index (χ1) is 8.58. The van der Waals surface area contributed by atoms with E-state index >= 15 is 0 Å². The van der Waals surface area contributed by atoms with E-state index in [-0.39, 0.29) is 0 Å². The Balaban J connectivity index is 2.66. The molecule has 0 spiro atoms. The molecular weight excluding hydrogens is 250 g/mol. The molecule has 0 amide bonds. The number of methoxy groups -OCH3 is 2. The second-order valence-corrected chi connectivity index (χ2v) is 5.06. The molecule has 102 valence electrons. The lowest BCUT2D eigenvalue weighted by Gasteiger charge is -2.14. The Bertz CT molecular complexity index is 380. The van der Waals surface area contributed by atoms with Gasteiger partial charge in [-0.3, -0.25) is 0 Å². The third-order valence-corrected chi connectivity index (χ3v) is 3.04. The Morgan fingerprint density at radius 2 is 1.83 bits per heavy atom. The molecule has 0 aromatic heterocycles. The van der Waals surface area contributed by atoms with Gasteiger partial charge < -0.3 is 14.8 Å². The van der Waals surface area contributed by atoms with Crippen molar-refractivity contribution >= 4 is 17.3 Å². The zero-order valence-corrected chi connectivity index (χ0v) is 12.3. The maximum atomic E-state index is 6.10. The topological polar surface area (TPSA) is 30.5 Å². The third-order valence-electron chi connectivity index (χ3n) is 2.75. The molecule has 1 aromatic carbocycles. The Morgan fingerprint density at radius 3 is 2.39 bits per heavy atom. The summed E-state index contributed by atoms with van der Waals surface area (Å²) in [6, 6.07) is 3.64. The first-order valence-corrected chi connectivity index (χ1v) is 6.61. The molecule has 4 heteroatoms. The standard InChI is InChI=1S/C14H22ClNO2/c1-10(2)6-5-7-16-12-8-11(15)13(17-3)9-14(12)18-4/h8-10,16H,5-7H2,1-4H3. The molecule has 0 aliphatic rings. The quantitative estimate of drug-likeness (QED) is 0.754. The molecule has 0 radical (unpaired) electrons. The average molecular weight is 272 g/mol. The van der Waals surface area contributed by atoms with Crippen LogP contribution in [0.5, 0.6) is 11.5 Å². The second-order valence-electron chi connectivity index (χ2n) is 4.65. The highest BCUT2D eigenvalue weighted by Crippen LogP contribution is 2.35. The van der Waals surface area contributed by atoms with Gasteiger partial charge in [0.2, 0.25) is 0 Å². The van der Waals surface area contributed by atoms with Crippen molar-refractivity contribution in [1.82, 2.24) is 0 Å². The maximum Gasteiger partial charge on any atom is 0.145 e. The number of benzene rings is 1. The third kappa shape index (κ3) is 4.30. The molecule has 0 bridgehead atoms. The van der Waals surface area contributed by atoms with E-state index < -0.39 is 0 Å². The van der Waals surface area contributed by atoms with Gasteiger partial charge in [-0.25, -0.2) is 0 Å². The van der Waals surface area contributed by atoms with Gasteiger partial charge in [0.15, 0.2) is 0 Å². The number of nitrogens with one attached hydrogen (secondary N) is 1. The van der Waals surface area contributed by atoms with Crippen molar-refractivity contribution in [3.8, 4) is 11.5 Å². The van der Waals surface area contributed by atoms with Crippen LogP contribution in [0.1, 0.15) is 26.7 Å². The molecule has 18 heavy (non-hydrogen) atoms. The van der Waals surface area contributed by atoms with Crippen LogP contribution in [0.2, 0.25) is 5.02 Å². The lowest BCUT2D eigenvalue weighted by atomic mass is 10.1. The molecule has 1 N–H and O–H groups in total. The molecule has 0 fully saturated rings. The molecule has 0 aliphatic carbocycles. The van der Waals surface area contributed by atoms with Crippen LogP contribution in [0.3, 0.4) is 0 Å². The van der Waals surface area contributed by atoms with Crippen molar-refractivity contribution in [1.29, 1.82) is 0 Å². The fourth-order valence-electron chi connectivity index (χ4n) is 1.73. The van der Waals surface area contributed by atoms with E-state index in [0.29, 0.717) is 10.8 Å². The normalized spacial score (nSPS) is 10.6. The molecule has 0 saturated carbocycles. The van der Waals surface area contributed by atoms with Gasteiger partial charge in [0.1, 0.15) is 11.5 Å². The SMILES string of the molecule is COc1cc(OC)c(NCCCC(C)C)cc1Cl. The minimum Gasteiger partial charge on any atom is -0.495 e. The summed E-state index contributed by atoms with van der Waals surface area (Å²) in [7, 11) is 3.23.